The molecule has 0 spiro atoms. The Morgan fingerprint density at radius 1 is 1.47 bits per heavy atom. The molecule has 1 amide bonds. The van der Waals surface area contributed by atoms with E-state index in [1.165, 1.54) is 0 Å². The zero-order valence-electron chi connectivity index (χ0n) is 12.2. The number of aromatic nitrogens is 2. The molecule has 0 atom stereocenters. The van der Waals surface area contributed by atoms with Crippen molar-refractivity contribution in [1.29, 1.82) is 0 Å². The van der Waals surface area contributed by atoms with Crippen LogP contribution in [0.3, 0.4) is 0 Å². The van der Waals surface area contributed by atoms with Crippen LogP contribution in [0.4, 0.5) is 5.82 Å². The normalized spacial score (nSPS) is 11.0. The first-order chi connectivity index (χ1) is 8.31. The topological polar surface area (TPSA) is 72.9 Å². The smallest absolute Gasteiger partial charge is 0.225 e. The van der Waals surface area contributed by atoms with Crippen LogP contribution in [0.2, 0.25) is 0 Å². The Bertz CT molecular complexity index is 409. The van der Waals surface area contributed by atoms with Crippen molar-refractivity contribution >= 4 is 24.1 Å². The molecule has 0 bridgehead atoms. The second-order valence-electron chi connectivity index (χ2n) is 5.82. The van der Waals surface area contributed by atoms with Gasteiger partial charge in [0, 0.05) is 19.5 Å². The van der Waals surface area contributed by atoms with E-state index < -0.39 is 0 Å². The van der Waals surface area contributed by atoms with Crippen molar-refractivity contribution in [3.05, 3.63) is 11.8 Å². The van der Waals surface area contributed by atoms with E-state index in [1.807, 2.05) is 13.1 Å². The molecule has 3 N–H and O–H groups in total. The molecule has 1 aromatic heterocycles. The third-order valence-corrected chi connectivity index (χ3v) is 2.52. The predicted octanol–water partition coefficient (Wildman–Crippen LogP) is 2.11. The van der Waals surface area contributed by atoms with E-state index >= 15 is 0 Å². The van der Waals surface area contributed by atoms with Crippen LogP contribution in [-0.4, -0.2) is 22.2 Å². The van der Waals surface area contributed by atoms with Gasteiger partial charge in [0.25, 0.3) is 0 Å². The Labute approximate surface area is 121 Å². The summed E-state index contributed by atoms with van der Waals surface area (Å²) in [5.41, 5.74) is 6.56. The number of anilines is 1. The van der Waals surface area contributed by atoms with Crippen molar-refractivity contribution in [2.75, 3.05) is 11.9 Å². The Hall–Kier alpha value is -1.07. The molecular formula is C13H25ClN4O. The Balaban J connectivity index is 0.00000324. The summed E-state index contributed by atoms with van der Waals surface area (Å²) in [5.74, 6) is 0.738. The first-order valence-electron chi connectivity index (χ1n) is 6.34. The lowest BCUT2D eigenvalue weighted by atomic mass is 9.91. The van der Waals surface area contributed by atoms with Crippen LogP contribution in [0, 0.1) is 5.41 Å². The average molecular weight is 289 g/mol. The molecule has 0 aromatic carbocycles. The largest absolute Gasteiger partial charge is 0.330 e. The number of nitrogens with one attached hydrogen (secondary N) is 1. The molecule has 19 heavy (non-hydrogen) atoms. The van der Waals surface area contributed by atoms with Crippen LogP contribution in [0.1, 0.15) is 39.3 Å². The number of amides is 1. The quantitative estimate of drug-likeness (QED) is 0.871. The summed E-state index contributed by atoms with van der Waals surface area (Å²) < 4.78 is 1.71. The van der Waals surface area contributed by atoms with Gasteiger partial charge in [-0.05, 0) is 24.8 Å². The molecule has 1 heterocycles. The summed E-state index contributed by atoms with van der Waals surface area (Å²) in [5, 5.41) is 7.26. The fourth-order valence-corrected chi connectivity index (χ4v) is 1.74. The Kier molecular flexibility index (Phi) is 7.08. The highest BCUT2D eigenvalue weighted by Gasteiger charge is 2.15. The van der Waals surface area contributed by atoms with Crippen LogP contribution in [0.5, 0.6) is 0 Å². The zero-order chi connectivity index (χ0) is 13.8. The van der Waals surface area contributed by atoms with Crippen LogP contribution < -0.4 is 11.1 Å². The number of rotatable bonds is 5. The highest BCUT2D eigenvalue weighted by molar-refractivity contribution is 5.89. The molecular weight excluding hydrogens is 264 g/mol. The third kappa shape index (κ3) is 6.59. The van der Waals surface area contributed by atoms with Crippen LogP contribution >= 0.6 is 12.4 Å². The van der Waals surface area contributed by atoms with Gasteiger partial charge in [0.05, 0.1) is 5.69 Å². The third-order valence-electron chi connectivity index (χ3n) is 2.52. The fraction of sp³-hybridized carbons (Fsp3) is 0.692. The molecule has 0 saturated carbocycles. The number of halogens is 1. The summed E-state index contributed by atoms with van der Waals surface area (Å²) >= 11 is 0. The first kappa shape index (κ1) is 17.9. The number of nitrogens with two attached hydrogens (primary N) is 1. The second-order valence-corrected chi connectivity index (χ2v) is 5.82. The van der Waals surface area contributed by atoms with Crippen molar-refractivity contribution < 1.29 is 4.79 Å². The molecule has 0 saturated heterocycles. The number of carbonyl (C=O) groups is 1. The molecule has 1 aromatic rings. The van der Waals surface area contributed by atoms with Crippen molar-refractivity contribution in [2.45, 2.75) is 40.0 Å². The van der Waals surface area contributed by atoms with E-state index in [2.05, 4.69) is 31.2 Å². The van der Waals surface area contributed by atoms with Crippen molar-refractivity contribution in [3.63, 3.8) is 0 Å². The summed E-state index contributed by atoms with van der Waals surface area (Å²) in [6.45, 7) is 7.04. The van der Waals surface area contributed by atoms with Gasteiger partial charge in [-0.25, -0.2) is 0 Å². The monoisotopic (exact) mass is 288 g/mol. The lowest BCUT2D eigenvalue weighted by Gasteiger charge is -2.15. The van der Waals surface area contributed by atoms with Crippen molar-refractivity contribution in [1.82, 2.24) is 9.78 Å². The number of carbonyl (C=O) groups excluding carboxylic acids is 1. The van der Waals surface area contributed by atoms with Crippen LogP contribution in [-0.2, 0) is 18.3 Å². The maximum absolute atomic E-state index is 11.6. The van der Waals surface area contributed by atoms with Crippen LogP contribution in [0.25, 0.3) is 0 Å². The summed E-state index contributed by atoms with van der Waals surface area (Å²) in [4.78, 5) is 11.6. The minimum Gasteiger partial charge on any atom is -0.330 e. The second kappa shape index (κ2) is 7.50. The van der Waals surface area contributed by atoms with Crippen molar-refractivity contribution in [3.8, 4) is 0 Å². The van der Waals surface area contributed by atoms with E-state index in [1.54, 1.807) is 4.68 Å². The van der Waals surface area contributed by atoms with Gasteiger partial charge in [0.15, 0.2) is 0 Å². The minimum atomic E-state index is -0.00856. The lowest BCUT2D eigenvalue weighted by molar-refractivity contribution is -0.116. The van der Waals surface area contributed by atoms with E-state index in [0.717, 1.165) is 17.9 Å². The van der Waals surface area contributed by atoms with Gasteiger partial charge in [0.1, 0.15) is 5.82 Å². The van der Waals surface area contributed by atoms with Crippen LogP contribution in [0.15, 0.2) is 6.07 Å². The van der Waals surface area contributed by atoms with Gasteiger partial charge in [-0.3, -0.25) is 9.48 Å². The highest BCUT2D eigenvalue weighted by atomic mass is 35.5. The van der Waals surface area contributed by atoms with E-state index in [9.17, 15) is 4.79 Å². The van der Waals surface area contributed by atoms with Gasteiger partial charge < -0.3 is 11.1 Å². The van der Waals surface area contributed by atoms with Gasteiger partial charge >= 0.3 is 0 Å². The Morgan fingerprint density at radius 2 is 2.11 bits per heavy atom. The van der Waals surface area contributed by atoms with E-state index in [4.69, 9.17) is 5.73 Å². The SMILES string of the molecule is Cl.Cn1nc(CC(C)(C)C)cc1NC(=O)CCCN. The Morgan fingerprint density at radius 3 is 2.63 bits per heavy atom. The highest BCUT2D eigenvalue weighted by Crippen LogP contribution is 2.21. The molecule has 0 radical (unpaired) electrons. The number of nitrogens with zero attached hydrogens (tertiary/aromatic N) is 2. The van der Waals surface area contributed by atoms with E-state index in [0.29, 0.717) is 19.4 Å². The minimum absolute atomic E-state index is 0. The van der Waals surface area contributed by atoms with Gasteiger partial charge in [-0.2, -0.15) is 5.10 Å². The standard InChI is InChI=1S/C13H24N4O.ClH/c1-13(2,3)9-10-8-11(17(4)16-10)15-12(18)6-5-7-14;/h8H,5-7,9,14H2,1-4H3,(H,15,18);1H. The molecule has 0 fully saturated rings. The van der Waals surface area contributed by atoms with Gasteiger partial charge in [-0.1, -0.05) is 20.8 Å². The van der Waals surface area contributed by atoms with Gasteiger partial charge in [0.2, 0.25) is 5.91 Å². The molecule has 0 unspecified atom stereocenters. The first-order valence-corrected chi connectivity index (χ1v) is 6.34. The number of aryl methyl sites for hydroxylation is 1. The maximum atomic E-state index is 11.6. The molecule has 0 aliphatic heterocycles. The number of hydrogen-bond acceptors (Lipinski definition) is 3. The maximum Gasteiger partial charge on any atom is 0.225 e. The molecule has 6 heteroatoms. The summed E-state index contributed by atoms with van der Waals surface area (Å²) in [7, 11) is 1.84. The zero-order valence-corrected chi connectivity index (χ0v) is 13.0. The summed E-state index contributed by atoms with van der Waals surface area (Å²) in [6.07, 6.45) is 2.05. The predicted molar refractivity (Wildman–Crippen MR) is 80.5 cm³/mol. The lowest BCUT2D eigenvalue weighted by Crippen LogP contribution is -2.15. The molecule has 5 nitrogen and oxygen atoms in total. The number of hydrogen-bond donors (Lipinski definition) is 2. The fourth-order valence-electron chi connectivity index (χ4n) is 1.74. The molecule has 110 valence electrons. The molecule has 1 rings (SSSR count). The average Bonchev–Trinajstić information content (AvgIpc) is 2.53. The van der Waals surface area contributed by atoms with E-state index in [-0.39, 0.29) is 23.7 Å². The summed E-state index contributed by atoms with van der Waals surface area (Å²) in [6, 6.07) is 1.94. The van der Waals surface area contributed by atoms with Crippen molar-refractivity contribution in [2.24, 2.45) is 18.2 Å². The molecule has 0 aliphatic carbocycles. The molecule has 0 aliphatic rings. The van der Waals surface area contributed by atoms with Gasteiger partial charge in [-0.15, -0.1) is 12.4 Å².